The number of para-hydroxylation sites is 2. The van der Waals surface area contributed by atoms with Gasteiger partial charge in [0.05, 0.1) is 11.4 Å². The van der Waals surface area contributed by atoms with E-state index >= 15 is 0 Å². The van der Waals surface area contributed by atoms with Crippen LogP contribution in [0.25, 0.3) is 0 Å². The van der Waals surface area contributed by atoms with Gasteiger partial charge in [0.2, 0.25) is 0 Å². The van der Waals surface area contributed by atoms with Crippen LogP contribution in [-0.2, 0) is 0 Å². The van der Waals surface area contributed by atoms with Crippen LogP contribution in [-0.4, -0.2) is 0 Å². The Morgan fingerprint density at radius 1 is 0.933 bits per heavy atom. The van der Waals surface area contributed by atoms with Gasteiger partial charge in [-0.25, -0.2) is 4.39 Å². The van der Waals surface area contributed by atoms with Crippen LogP contribution in [0.3, 0.4) is 0 Å². The summed E-state index contributed by atoms with van der Waals surface area (Å²) in [6.45, 7) is 0. The van der Waals surface area contributed by atoms with Crippen molar-refractivity contribution < 1.29 is 9.13 Å². The molecule has 1 heterocycles. The largest absolute Gasteiger partial charge is 0.453 e. The number of fused-ring (bicyclic) bond motifs is 2. The molecule has 0 spiro atoms. The number of ether oxygens (including phenoxy) is 1. The third-order valence-electron chi connectivity index (χ3n) is 2.32. The van der Waals surface area contributed by atoms with Crippen LogP contribution >= 0.6 is 0 Å². The van der Waals surface area contributed by atoms with E-state index in [1.165, 1.54) is 12.1 Å². The van der Waals surface area contributed by atoms with Crippen LogP contribution in [0.15, 0.2) is 42.5 Å². The third kappa shape index (κ3) is 1.32. The third-order valence-corrected chi connectivity index (χ3v) is 2.32. The van der Waals surface area contributed by atoms with Crippen molar-refractivity contribution >= 4 is 11.4 Å². The molecule has 0 atom stereocenters. The SMILES string of the molecule is Fc1ccc2c(c1)Nc1ccccc1O2. The maximum absolute atomic E-state index is 13.0. The first-order valence-electron chi connectivity index (χ1n) is 4.66. The van der Waals surface area contributed by atoms with Gasteiger partial charge in [0.1, 0.15) is 5.82 Å². The van der Waals surface area contributed by atoms with Crippen molar-refractivity contribution in [1.29, 1.82) is 0 Å². The van der Waals surface area contributed by atoms with Crippen molar-refractivity contribution in [2.45, 2.75) is 0 Å². The lowest BCUT2D eigenvalue weighted by molar-refractivity contribution is 0.479. The van der Waals surface area contributed by atoms with Crippen molar-refractivity contribution in [1.82, 2.24) is 0 Å². The van der Waals surface area contributed by atoms with Gasteiger partial charge in [-0.05, 0) is 24.3 Å². The maximum atomic E-state index is 13.0. The summed E-state index contributed by atoms with van der Waals surface area (Å²) in [7, 11) is 0. The highest BCUT2D eigenvalue weighted by atomic mass is 19.1. The first kappa shape index (κ1) is 8.29. The van der Waals surface area contributed by atoms with E-state index in [0.29, 0.717) is 11.4 Å². The lowest BCUT2D eigenvalue weighted by Crippen LogP contribution is -2.02. The number of nitrogens with one attached hydrogen (secondary N) is 1. The first-order valence-corrected chi connectivity index (χ1v) is 4.66. The lowest BCUT2D eigenvalue weighted by Gasteiger charge is -2.21. The van der Waals surface area contributed by atoms with E-state index in [2.05, 4.69) is 5.32 Å². The van der Waals surface area contributed by atoms with E-state index in [1.807, 2.05) is 24.3 Å². The molecule has 0 radical (unpaired) electrons. The topological polar surface area (TPSA) is 21.3 Å². The van der Waals surface area contributed by atoms with E-state index < -0.39 is 0 Å². The first-order chi connectivity index (χ1) is 7.33. The Kier molecular flexibility index (Phi) is 1.65. The highest BCUT2D eigenvalue weighted by Crippen LogP contribution is 2.41. The number of benzene rings is 2. The molecule has 1 aliphatic rings. The zero-order valence-electron chi connectivity index (χ0n) is 7.83. The molecule has 0 unspecified atom stereocenters. The van der Waals surface area contributed by atoms with E-state index in [9.17, 15) is 4.39 Å². The Morgan fingerprint density at radius 2 is 1.73 bits per heavy atom. The summed E-state index contributed by atoms with van der Waals surface area (Å²) in [5, 5.41) is 3.12. The van der Waals surface area contributed by atoms with Gasteiger partial charge in [-0.1, -0.05) is 12.1 Å². The molecule has 15 heavy (non-hydrogen) atoms. The molecule has 74 valence electrons. The van der Waals surface area contributed by atoms with Crippen molar-refractivity contribution in [3.05, 3.63) is 48.3 Å². The fourth-order valence-corrected chi connectivity index (χ4v) is 1.61. The standard InChI is InChI=1S/C12H8FNO/c13-8-5-6-12-10(7-8)14-9-3-1-2-4-11(9)15-12/h1-7,14H. The average Bonchev–Trinajstić information content (AvgIpc) is 2.26. The molecular weight excluding hydrogens is 193 g/mol. The normalized spacial score (nSPS) is 12.1. The number of anilines is 2. The molecule has 2 aromatic carbocycles. The summed E-state index contributed by atoms with van der Waals surface area (Å²) < 4.78 is 18.6. The molecule has 3 rings (SSSR count). The van der Waals surface area contributed by atoms with Crippen molar-refractivity contribution in [2.24, 2.45) is 0 Å². The quantitative estimate of drug-likeness (QED) is 0.599. The smallest absolute Gasteiger partial charge is 0.151 e. The maximum Gasteiger partial charge on any atom is 0.151 e. The van der Waals surface area contributed by atoms with Crippen LogP contribution in [0.2, 0.25) is 0 Å². The summed E-state index contributed by atoms with van der Waals surface area (Å²) in [4.78, 5) is 0. The molecule has 0 aliphatic carbocycles. The Hall–Kier alpha value is -2.03. The van der Waals surface area contributed by atoms with E-state index in [4.69, 9.17) is 4.74 Å². The summed E-state index contributed by atoms with van der Waals surface area (Å²) in [5.74, 6) is 1.14. The van der Waals surface area contributed by atoms with Gasteiger partial charge >= 0.3 is 0 Å². The predicted octanol–water partition coefficient (Wildman–Crippen LogP) is 3.68. The molecule has 0 saturated carbocycles. The van der Waals surface area contributed by atoms with Crippen LogP contribution in [0, 0.1) is 5.82 Å². The summed E-state index contributed by atoms with van der Waals surface area (Å²) in [6.07, 6.45) is 0. The highest BCUT2D eigenvalue weighted by molar-refractivity contribution is 5.75. The minimum Gasteiger partial charge on any atom is -0.453 e. The van der Waals surface area contributed by atoms with Gasteiger partial charge in [0.15, 0.2) is 11.5 Å². The number of rotatable bonds is 0. The predicted molar refractivity (Wildman–Crippen MR) is 56.2 cm³/mol. The Balaban J connectivity index is 2.11. The highest BCUT2D eigenvalue weighted by Gasteiger charge is 2.15. The summed E-state index contributed by atoms with van der Waals surface area (Å²) >= 11 is 0. The number of halogens is 1. The molecule has 1 N–H and O–H groups in total. The zero-order chi connectivity index (χ0) is 10.3. The van der Waals surface area contributed by atoms with Gasteiger partial charge < -0.3 is 10.1 Å². The molecule has 0 saturated heterocycles. The Morgan fingerprint density at radius 3 is 2.67 bits per heavy atom. The van der Waals surface area contributed by atoms with Gasteiger partial charge in [0, 0.05) is 6.07 Å². The molecule has 3 heteroatoms. The monoisotopic (exact) mass is 201 g/mol. The molecule has 0 aromatic heterocycles. The molecule has 0 fully saturated rings. The molecule has 2 aromatic rings. The number of hydrogen-bond acceptors (Lipinski definition) is 2. The van der Waals surface area contributed by atoms with Crippen molar-refractivity contribution in [3.8, 4) is 11.5 Å². The fourth-order valence-electron chi connectivity index (χ4n) is 1.61. The van der Waals surface area contributed by atoms with Crippen molar-refractivity contribution in [3.63, 3.8) is 0 Å². The second-order valence-electron chi connectivity index (χ2n) is 3.36. The molecular formula is C12H8FNO. The van der Waals surface area contributed by atoms with Gasteiger partial charge in [-0.2, -0.15) is 0 Å². The minimum absolute atomic E-state index is 0.274. The van der Waals surface area contributed by atoms with E-state index in [0.717, 1.165) is 11.4 Å². The molecule has 2 nitrogen and oxygen atoms in total. The summed E-state index contributed by atoms with van der Waals surface area (Å²) in [6, 6.07) is 12.0. The van der Waals surface area contributed by atoms with Crippen molar-refractivity contribution in [2.75, 3.05) is 5.32 Å². The van der Waals surface area contributed by atoms with E-state index in [1.54, 1.807) is 6.07 Å². The van der Waals surface area contributed by atoms with Crippen LogP contribution in [0.5, 0.6) is 11.5 Å². The van der Waals surface area contributed by atoms with Crippen LogP contribution < -0.4 is 10.1 Å². The fraction of sp³-hybridized carbons (Fsp3) is 0. The number of hydrogen-bond donors (Lipinski definition) is 1. The van der Waals surface area contributed by atoms with Crippen LogP contribution in [0.4, 0.5) is 15.8 Å². The van der Waals surface area contributed by atoms with Gasteiger partial charge in [-0.3, -0.25) is 0 Å². The minimum atomic E-state index is -0.274. The molecule has 0 amide bonds. The lowest BCUT2D eigenvalue weighted by atomic mass is 10.2. The second-order valence-corrected chi connectivity index (χ2v) is 3.36. The van der Waals surface area contributed by atoms with Crippen LogP contribution in [0.1, 0.15) is 0 Å². The Bertz CT molecular complexity index is 525. The van der Waals surface area contributed by atoms with Gasteiger partial charge in [0.25, 0.3) is 0 Å². The molecule has 1 aliphatic heterocycles. The van der Waals surface area contributed by atoms with E-state index in [-0.39, 0.29) is 5.82 Å². The summed E-state index contributed by atoms with van der Waals surface area (Å²) in [5.41, 5.74) is 1.52. The second kappa shape index (κ2) is 2.98. The zero-order valence-corrected chi connectivity index (χ0v) is 7.83. The average molecular weight is 201 g/mol. The molecule has 0 bridgehead atoms. The van der Waals surface area contributed by atoms with Gasteiger partial charge in [-0.15, -0.1) is 0 Å². The Labute approximate surface area is 86.3 Å².